The van der Waals surface area contributed by atoms with E-state index < -0.39 is 14.3 Å². The summed E-state index contributed by atoms with van der Waals surface area (Å²) in [6, 6.07) is 3.78. The number of methoxy groups -OCH3 is 1. The summed E-state index contributed by atoms with van der Waals surface area (Å²) in [4.78, 5) is 27.7. The smallest absolute Gasteiger partial charge is 0.354 e. The summed E-state index contributed by atoms with van der Waals surface area (Å²) in [7, 11) is 1.37. The fourth-order valence-corrected chi connectivity index (χ4v) is 5.85. The monoisotopic (exact) mass is 549 g/mol. The molecule has 0 unspecified atom stereocenters. The third-order valence-corrected chi connectivity index (χ3v) is 12.7. The first kappa shape index (κ1) is 28.5. The zero-order valence-electron chi connectivity index (χ0n) is 22.4. The van der Waals surface area contributed by atoms with Crippen molar-refractivity contribution < 1.29 is 18.8 Å². The molecule has 0 radical (unpaired) electrons. The summed E-state index contributed by atoms with van der Waals surface area (Å²) in [5.74, 6) is 0.0546. The molecule has 2 aromatic heterocycles. The van der Waals surface area contributed by atoms with Gasteiger partial charge in [-0.15, -0.1) is 0 Å². The highest BCUT2D eigenvalue weighted by molar-refractivity contribution is 8.12. The van der Waals surface area contributed by atoms with Gasteiger partial charge in [0.1, 0.15) is 5.69 Å². The molecular weight excluding hydrogens is 514 g/mol. The Morgan fingerprint density at radius 2 is 1.94 bits per heavy atom. The number of hydrogen-bond donors (Lipinski definition) is 1. The highest BCUT2D eigenvalue weighted by Crippen LogP contribution is 2.40. The predicted molar refractivity (Wildman–Crippen MR) is 150 cm³/mol. The van der Waals surface area contributed by atoms with Crippen molar-refractivity contribution in [3.8, 4) is 11.3 Å². The summed E-state index contributed by atoms with van der Waals surface area (Å²) in [6.45, 7) is 13.3. The van der Waals surface area contributed by atoms with Crippen molar-refractivity contribution in [2.24, 2.45) is 7.05 Å². The number of rotatable bonds is 9. The van der Waals surface area contributed by atoms with E-state index in [2.05, 4.69) is 43.9 Å². The van der Waals surface area contributed by atoms with Gasteiger partial charge < -0.3 is 14.1 Å². The Balaban J connectivity index is 2.04. The summed E-state index contributed by atoms with van der Waals surface area (Å²) in [5.41, 5.74) is 4.51. The number of ether oxygens (including phenoxy) is 1. The number of hydrogen-bond acceptors (Lipinski definition) is 6. The number of fused-ring (bicyclic) bond motifs is 1. The van der Waals surface area contributed by atoms with Crippen molar-refractivity contribution in [1.29, 1.82) is 0 Å². The average molecular weight is 550 g/mol. The molecule has 1 aromatic carbocycles. The van der Waals surface area contributed by atoms with Crippen LogP contribution in [0.4, 0.5) is 0 Å². The van der Waals surface area contributed by atoms with Crippen LogP contribution in [0, 0.1) is 0 Å². The molecule has 1 N–H and O–H groups in total. The SMILES string of the molecule is COC(=O)c1[nH]c2c(-c3c(CSC(C)=O)cnn3C)c(Cl)ccc2c1CCCO[Si](C)(C)C(C)(C)C. The van der Waals surface area contributed by atoms with Crippen LogP contribution < -0.4 is 0 Å². The standard InChI is InChI=1S/C26H36ClN3O4SSi/c1-16(31)35-15-17-14-28-30(5)24(17)21-20(27)12-11-19-18(23(25(32)33-6)29-22(19)21)10-9-13-34-36(7,8)26(2,3)4/h11-12,14,29H,9-10,13,15H2,1-8H3. The van der Waals surface area contributed by atoms with Gasteiger partial charge in [0.2, 0.25) is 0 Å². The van der Waals surface area contributed by atoms with Crippen LogP contribution in [0.5, 0.6) is 0 Å². The number of aromatic amines is 1. The maximum Gasteiger partial charge on any atom is 0.354 e. The van der Waals surface area contributed by atoms with Gasteiger partial charge in [-0.1, -0.05) is 50.2 Å². The van der Waals surface area contributed by atoms with E-state index in [4.69, 9.17) is 20.8 Å². The van der Waals surface area contributed by atoms with Gasteiger partial charge in [-0.05, 0) is 42.6 Å². The topological polar surface area (TPSA) is 86.2 Å². The minimum atomic E-state index is -1.86. The maximum absolute atomic E-state index is 12.8. The fraction of sp³-hybridized carbons (Fsp3) is 0.500. The van der Waals surface area contributed by atoms with E-state index in [1.807, 2.05) is 19.2 Å². The molecule has 10 heteroatoms. The van der Waals surface area contributed by atoms with Crippen LogP contribution in [-0.2, 0) is 33.2 Å². The number of esters is 1. The number of aromatic nitrogens is 3. The van der Waals surface area contributed by atoms with E-state index in [0.29, 0.717) is 29.5 Å². The van der Waals surface area contributed by atoms with E-state index in [0.717, 1.165) is 39.7 Å². The van der Waals surface area contributed by atoms with Gasteiger partial charge in [0, 0.05) is 42.8 Å². The first-order valence-corrected chi connectivity index (χ1v) is 16.3. The zero-order chi connectivity index (χ0) is 26.8. The molecule has 0 bridgehead atoms. The Bertz CT molecular complexity index is 1280. The highest BCUT2D eigenvalue weighted by atomic mass is 35.5. The Labute approximate surface area is 223 Å². The minimum absolute atomic E-state index is 0.0316. The molecule has 0 amide bonds. The summed E-state index contributed by atoms with van der Waals surface area (Å²) in [6.07, 6.45) is 3.18. The molecule has 0 fully saturated rings. The van der Waals surface area contributed by atoms with Gasteiger partial charge in [-0.2, -0.15) is 5.10 Å². The van der Waals surface area contributed by atoms with E-state index in [1.54, 1.807) is 17.8 Å². The van der Waals surface area contributed by atoms with E-state index in [-0.39, 0.29) is 10.2 Å². The number of H-pyrrole nitrogens is 1. The molecule has 0 spiro atoms. The summed E-state index contributed by atoms with van der Waals surface area (Å²) >= 11 is 7.95. The molecule has 0 aliphatic heterocycles. The van der Waals surface area contributed by atoms with Crippen molar-refractivity contribution >= 4 is 53.7 Å². The van der Waals surface area contributed by atoms with Gasteiger partial charge >= 0.3 is 5.97 Å². The van der Waals surface area contributed by atoms with Gasteiger partial charge in [0.15, 0.2) is 13.4 Å². The number of aryl methyl sites for hydroxylation is 2. The lowest BCUT2D eigenvalue weighted by Gasteiger charge is -2.36. The number of benzene rings is 1. The van der Waals surface area contributed by atoms with Gasteiger partial charge in [0.05, 0.1) is 29.5 Å². The maximum atomic E-state index is 12.8. The van der Waals surface area contributed by atoms with Crippen molar-refractivity contribution in [3.63, 3.8) is 0 Å². The first-order valence-electron chi connectivity index (χ1n) is 12.0. The Morgan fingerprint density at radius 1 is 1.25 bits per heavy atom. The Kier molecular flexibility index (Phi) is 8.81. The second kappa shape index (κ2) is 11.1. The molecule has 0 saturated carbocycles. The number of carbonyl (C=O) groups is 2. The third-order valence-electron chi connectivity index (χ3n) is 6.94. The number of nitrogens with one attached hydrogen (secondary N) is 1. The molecular formula is C26H36ClN3O4SSi. The van der Waals surface area contributed by atoms with E-state index >= 15 is 0 Å². The van der Waals surface area contributed by atoms with Crippen LogP contribution in [0.1, 0.15) is 55.7 Å². The van der Waals surface area contributed by atoms with Crippen LogP contribution in [-0.4, -0.2) is 47.9 Å². The van der Waals surface area contributed by atoms with Gasteiger partial charge in [-0.25, -0.2) is 4.79 Å². The van der Waals surface area contributed by atoms with Gasteiger partial charge in [-0.3, -0.25) is 9.48 Å². The minimum Gasteiger partial charge on any atom is -0.464 e. The molecule has 3 aromatic rings. The second-order valence-electron chi connectivity index (χ2n) is 10.4. The van der Waals surface area contributed by atoms with E-state index in [9.17, 15) is 9.59 Å². The lowest BCUT2D eigenvalue weighted by atomic mass is 10.0. The molecule has 0 aliphatic carbocycles. The molecule has 7 nitrogen and oxygen atoms in total. The predicted octanol–water partition coefficient (Wildman–Crippen LogP) is 6.74. The third kappa shape index (κ3) is 5.90. The Hall–Kier alpha value is -2.07. The van der Waals surface area contributed by atoms with Crippen LogP contribution >= 0.6 is 23.4 Å². The molecule has 0 saturated heterocycles. The lowest BCUT2D eigenvalue weighted by Crippen LogP contribution is -2.41. The molecule has 196 valence electrons. The number of thioether (sulfide) groups is 1. The summed E-state index contributed by atoms with van der Waals surface area (Å²) in [5, 5.41) is 6.03. The Morgan fingerprint density at radius 3 is 2.56 bits per heavy atom. The first-order chi connectivity index (χ1) is 16.8. The van der Waals surface area contributed by atoms with Gasteiger partial charge in [0.25, 0.3) is 0 Å². The quantitative estimate of drug-likeness (QED) is 0.181. The molecule has 3 rings (SSSR count). The van der Waals surface area contributed by atoms with Crippen molar-refractivity contribution in [1.82, 2.24) is 14.8 Å². The molecule has 0 atom stereocenters. The second-order valence-corrected chi connectivity index (χ2v) is 16.8. The van der Waals surface area contributed by atoms with Crippen molar-refractivity contribution in [2.75, 3.05) is 13.7 Å². The lowest BCUT2D eigenvalue weighted by molar-refractivity contribution is -0.109. The number of halogens is 1. The van der Waals surface area contributed by atoms with Crippen LogP contribution in [0.3, 0.4) is 0 Å². The molecule has 2 heterocycles. The normalized spacial score (nSPS) is 12.4. The fourth-order valence-electron chi connectivity index (χ4n) is 3.94. The number of nitrogens with zero attached hydrogens (tertiary/aromatic N) is 2. The van der Waals surface area contributed by atoms with Crippen LogP contribution in [0.2, 0.25) is 23.2 Å². The van der Waals surface area contributed by atoms with Crippen LogP contribution in [0.15, 0.2) is 18.3 Å². The number of carbonyl (C=O) groups excluding carboxylic acids is 2. The molecule has 36 heavy (non-hydrogen) atoms. The average Bonchev–Trinajstić information content (AvgIpc) is 3.34. The van der Waals surface area contributed by atoms with Crippen molar-refractivity contribution in [2.45, 2.75) is 64.4 Å². The molecule has 0 aliphatic rings. The van der Waals surface area contributed by atoms with E-state index in [1.165, 1.54) is 18.9 Å². The summed E-state index contributed by atoms with van der Waals surface area (Å²) < 4.78 is 13.2. The van der Waals surface area contributed by atoms with Crippen molar-refractivity contribution in [3.05, 3.63) is 40.2 Å². The zero-order valence-corrected chi connectivity index (χ0v) is 24.9. The largest absolute Gasteiger partial charge is 0.464 e. The highest BCUT2D eigenvalue weighted by Gasteiger charge is 2.37. The van der Waals surface area contributed by atoms with Crippen LogP contribution in [0.25, 0.3) is 22.2 Å².